The highest BCUT2D eigenvalue weighted by Gasteiger charge is 2.24. The minimum Gasteiger partial charge on any atom is -0.493 e. The lowest BCUT2D eigenvalue weighted by Gasteiger charge is -2.12. The van der Waals surface area contributed by atoms with Crippen molar-refractivity contribution in [1.29, 1.82) is 0 Å². The summed E-state index contributed by atoms with van der Waals surface area (Å²) in [5.41, 5.74) is 0.806. The zero-order valence-corrected chi connectivity index (χ0v) is 14.0. The lowest BCUT2D eigenvalue weighted by molar-refractivity contribution is -0.129. The molecule has 1 amide bonds. The number of benzene rings is 1. The molecule has 0 saturated heterocycles. The fraction of sp³-hybridized carbons (Fsp3) is 0.353. The first kappa shape index (κ1) is 17.5. The number of para-hydroxylation sites is 1. The number of carbonyl (C=O) groups excluding carboxylic acids is 2. The van der Waals surface area contributed by atoms with Crippen molar-refractivity contribution in [2.24, 2.45) is 0 Å². The predicted octanol–water partition coefficient (Wildman–Crippen LogP) is 1.95. The van der Waals surface area contributed by atoms with E-state index in [1.807, 2.05) is 37.3 Å². The van der Waals surface area contributed by atoms with E-state index in [0.29, 0.717) is 6.54 Å². The van der Waals surface area contributed by atoms with Crippen LogP contribution < -0.4 is 10.1 Å². The number of rotatable bonds is 7. The van der Waals surface area contributed by atoms with Crippen molar-refractivity contribution in [2.75, 3.05) is 13.7 Å². The van der Waals surface area contributed by atoms with Crippen molar-refractivity contribution in [3.05, 3.63) is 42.2 Å². The van der Waals surface area contributed by atoms with Gasteiger partial charge in [0.1, 0.15) is 0 Å². The molecule has 7 nitrogen and oxygen atoms in total. The van der Waals surface area contributed by atoms with Crippen LogP contribution in [0.4, 0.5) is 0 Å². The monoisotopic (exact) mass is 331 g/mol. The minimum atomic E-state index is -0.907. The Morgan fingerprint density at radius 3 is 2.62 bits per heavy atom. The van der Waals surface area contributed by atoms with Crippen molar-refractivity contribution in [3.8, 4) is 11.4 Å². The van der Waals surface area contributed by atoms with E-state index in [-0.39, 0.29) is 17.4 Å². The van der Waals surface area contributed by atoms with Gasteiger partial charge in [-0.05, 0) is 25.5 Å². The maximum atomic E-state index is 12.3. The molecule has 2 rings (SSSR count). The van der Waals surface area contributed by atoms with Gasteiger partial charge in [0.05, 0.1) is 19.0 Å². The van der Waals surface area contributed by atoms with Gasteiger partial charge in [-0.15, -0.1) is 0 Å². The quantitative estimate of drug-likeness (QED) is 0.784. The third-order valence-corrected chi connectivity index (χ3v) is 3.32. The maximum absolute atomic E-state index is 12.3. The lowest BCUT2D eigenvalue weighted by Crippen LogP contribution is -2.36. The fourth-order valence-electron chi connectivity index (χ4n) is 2.02. The fourth-order valence-corrected chi connectivity index (χ4v) is 2.02. The normalized spacial score (nSPS) is 11.6. The van der Waals surface area contributed by atoms with Gasteiger partial charge in [0.2, 0.25) is 5.69 Å². The van der Waals surface area contributed by atoms with Crippen LogP contribution >= 0.6 is 0 Å². The van der Waals surface area contributed by atoms with E-state index in [4.69, 9.17) is 9.47 Å². The molecule has 0 aliphatic heterocycles. The van der Waals surface area contributed by atoms with E-state index < -0.39 is 12.1 Å². The molecule has 1 aromatic carbocycles. The van der Waals surface area contributed by atoms with Crippen LogP contribution in [0.25, 0.3) is 5.69 Å². The average Bonchev–Trinajstić information content (AvgIpc) is 3.04. The van der Waals surface area contributed by atoms with Gasteiger partial charge in [-0.3, -0.25) is 4.79 Å². The average molecular weight is 331 g/mol. The summed E-state index contributed by atoms with van der Waals surface area (Å²) >= 11 is 0. The molecule has 0 aliphatic rings. The van der Waals surface area contributed by atoms with Crippen LogP contribution in [0.3, 0.4) is 0 Å². The Bertz CT molecular complexity index is 697. The molecule has 0 radical (unpaired) electrons. The van der Waals surface area contributed by atoms with Crippen molar-refractivity contribution < 1.29 is 19.1 Å². The molecule has 1 aromatic heterocycles. The van der Waals surface area contributed by atoms with Gasteiger partial charge in [0, 0.05) is 6.54 Å². The lowest BCUT2D eigenvalue weighted by atomic mass is 10.3. The molecule has 0 unspecified atom stereocenters. The van der Waals surface area contributed by atoms with Gasteiger partial charge < -0.3 is 14.8 Å². The van der Waals surface area contributed by atoms with E-state index in [2.05, 4.69) is 10.4 Å². The molecule has 24 heavy (non-hydrogen) atoms. The van der Waals surface area contributed by atoms with E-state index >= 15 is 0 Å². The molecule has 0 saturated carbocycles. The van der Waals surface area contributed by atoms with Crippen LogP contribution in [0.5, 0.6) is 5.75 Å². The van der Waals surface area contributed by atoms with Crippen LogP contribution in [0.2, 0.25) is 0 Å². The summed E-state index contributed by atoms with van der Waals surface area (Å²) in [5, 5.41) is 6.89. The van der Waals surface area contributed by atoms with Crippen molar-refractivity contribution in [2.45, 2.75) is 26.4 Å². The Morgan fingerprint density at radius 1 is 1.29 bits per heavy atom. The molecule has 7 heteroatoms. The van der Waals surface area contributed by atoms with Gasteiger partial charge in [0.15, 0.2) is 11.9 Å². The topological polar surface area (TPSA) is 82.5 Å². The predicted molar refractivity (Wildman–Crippen MR) is 88.3 cm³/mol. The highest BCUT2D eigenvalue weighted by Crippen LogP contribution is 2.20. The largest absolute Gasteiger partial charge is 0.493 e. The molecule has 1 N–H and O–H groups in total. The highest BCUT2D eigenvalue weighted by atomic mass is 16.6. The molecule has 2 aromatic rings. The Morgan fingerprint density at radius 2 is 2.00 bits per heavy atom. The molecule has 0 spiro atoms. The third kappa shape index (κ3) is 4.13. The number of nitrogens with zero attached hydrogens (tertiary/aromatic N) is 2. The molecule has 0 fully saturated rings. The third-order valence-electron chi connectivity index (χ3n) is 3.32. The Labute approximate surface area is 140 Å². The van der Waals surface area contributed by atoms with E-state index in [9.17, 15) is 9.59 Å². The number of esters is 1. The van der Waals surface area contributed by atoms with Gasteiger partial charge >= 0.3 is 5.97 Å². The van der Waals surface area contributed by atoms with Crippen molar-refractivity contribution >= 4 is 11.9 Å². The number of hydrogen-bond donors (Lipinski definition) is 1. The molecule has 1 heterocycles. The molecule has 1 atom stereocenters. The minimum absolute atomic E-state index is 0.0245. The summed E-state index contributed by atoms with van der Waals surface area (Å²) in [6.45, 7) is 3.99. The van der Waals surface area contributed by atoms with Crippen LogP contribution in [0, 0.1) is 0 Å². The molecular formula is C17H21N3O4. The number of amides is 1. The van der Waals surface area contributed by atoms with Gasteiger partial charge in [-0.2, -0.15) is 5.10 Å². The maximum Gasteiger partial charge on any atom is 0.363 e. The number of ether oxygens (including phenoxy) is 2. The molecule has 0 aliphatic carbocycles. The zero-order valence-electron chi connectivity index (χ0n) is 14.0. The smallest absolute Gasteiger partial charge is 0.363 e. The van der Waals surface area contributed by atoms with E-state index in [1.165, 1.54) is 18.7 Å². The van der Waals surface area contributed by atoms with Crippen LogP contribution in [-0.2, 0) is 9.53 Å². The Hall–Kier alpha value is -2.83. The number of nitrogens with one attached hydrogen (secondary N) is 1. The standard InChI is InChI=1S/C17H21N3O4/c1-4-10-18-16(21)12(2)24-17(22)15-14(23-3)11-20(19-15)13-8-6-5-7-9-13/h5-9,11-12H,4,10H2,1-3H3,(H,18,21)/t12-/m0/s1. The van der Waals surface area contributed by atoms with Crippen molar-refractivity contribution in [1.82, 2.24) is 15.1 Å². The number of hydrogen-bond acceptors (Lipinski definition) is 5. The number of aromatic nitrogens is 2. The van der Waals surface area contributed by atoms with E-state index in [1.54, 1.807) is 6.20 Å². The van der Waals surface area contributed by atoms with E-state index in [0.717, 1.165) is 12.1 Å². The zero-order chi connectivity index (χ0) is 17.5. The number of carbonyl (C=O) groups is 2. The summed E-state index contributed by atoms with van der Waals surface area (Å²) in [5.74, 6) is -0.766. The Kier molecular flexibility index (Phi) is 5.95. The first-order valence-electron chi connectivity index (χ1n) is 7.74. The highest BCUT2D eigenvalue weighted by molar-refractivity contribution is 5.92. The molecular weight excluding hydrogens is 310 g/mol. The van der Waals surface area contributed by atoms with Crippen molar-refractivity contribution in [3.63, 3.8) is 0 Å². The second kappa shape index (κ2) is 8.14. The number of methoxy groups -OCH3 is 1. The molecule has 0 bridgehead atoms. The van der Waals surface area contributed by atoms with Gasteiger partial charge in [-0.1, -0.05) is 25.1 Å². The Balaban J connectivity index is 2.14. The summed E-state index contributed by atoms with van der Waals surface area (Å²) < 4.78 is 11.9. The second-order valence-electron chi connectivity index (χ2n) is 5.16. The summed E-state index contributed by atoms with van der Waals surface area (Å²) in [6.07, 6.45) is 1.49. The molecule has 128 valence electrons. The SMILES string of the molecule is CCCNC(=O)[C@H](C)OC(=O)c1nn(-c2ccccc2)cc1OC. The second-order valence-corrected chi connectivity index (χ2v) is 5.16. The summed E-state index contributed by atoms with van der Waals surface area (Å²) in [4.78, 5) is 24.1. The van der Waals surface area contributed by atoms with Gasteiger partial charge in [0.25, 0.3) is 5.91 Å². The van der Waals surface area contributed by atoms with Crippen LogP contribution in [0.15, 0.2) is 36.5 Å². The van der Waals surface area contributed by atoms with Crippen LogP contribution in [0.1, 0.15) is 30.8 Å². The summed E-state index contributed by atoms with van der Waals surface area (Å²) in [6, 6.07) is 9.31. The van der Waals surface area contributed by atoms with Crippen LogP contribution in [-0.4, -0.2) is 41.4 Å². The first-order chi connectivity index (χ1) is 11.6. The summed E-state index contributed by atoms with van der Waals surface area (Å²) in [7, 11) is 1.44. The van der Waals surface area contributed by atoms with Gasteiger partial charge in [-0.25, -0.2) is 9.48 Å². The first-order valence-corrected chi connectivity index (χ1v) is 7.74.